The first-order valence-electron chi connectivity index (χ1n) is 7.91. The molecule has 5 nitrogen and oxygen atoms in total. The summed E-state index contributed by atoms with van der Waals surface area (Å²) < 4.78 is 13.1. The number of aliphatic hydroxyl groups is 2. The van der Waals surface area contributed by atoms with Crippen molar-refractivity contribution in [3.63, 3.8) is 0 Å². The van der Waals surface area contributed by atoms with Gasteiger partial charge in [-0.25, -0.2) is 4.39 Å². The third-order valence-electron chi connectivity index (χ3n) is 3.59. The molecule has 2 rings (SSSR count). The topological polar surface area (TPSA) is 86.6 Å². The van der Waals surface area contributed by atoms with E-state index in [9.17, 15) is 19.1 Å². The summed E-state index contributed by atoms with van der Waals surface area (Å²) in [4.78, 5) is 23.7. The molecule has 0 heterocycles. The second-order valence-electron chi connectivity index (χ2n) is 5.65. The van der Waals surface area contributed by atoms with Gasteiger partial charge in [-0.15, -0.1) is 0 Å². The Hall–Kier alpha value is -3.01. The van der Waals surface area contributed by atoms with Crippen molar-refractivity contribution < 1.29 is 24.2 Å². The van der Waals surface area contributed by atoms with Crippen molar-refractivity contribution in [2.75, 3.05) is 6.61 Å². The molecule has 0 fully saturated rings. The van der Waals surface area contributed by atoms with Crippen LogP contribution in [0.15, 0.2) is 48.5 Å². The predicted molar refractivity (Wildman–Crippen MR) is 93.8 cm³/mol. The van der Waals surface area contributed by atoms with Gasteiger partial charge in [-0.1, -0.05) is 17.9 Å². The van der Waals surface area contributed by atoms with Gasteiger partial charge in [0.1, 0.15) is 18.5 Å². The summed E-state index contributed by atoms with van der Waals surface area (Å²) in [6, 6.07) is 11.0. The van der Waals surface area contributed by atoms with Gasteiger partial charge >= 0.3 is 0 Å². The Labute approximate surface area is 150 Å². The Morgan fingerprint density at radius 1 is 1.12 bits per heavy atom. The second-order valence-corrected chi connectivity index (χ2v) is 5.65. The van der Waals surface area contributed by atoms with E-state index in [0.29, 0.717) is 11.1 Å². The fourth-order valence-electron chi connectivity index (χ4n) is 2.21. The lowest BCUT2D eigenvalue weighted by Gasteiger charge is -2.19. The molecule has 0 saturated heterocycles. The molecule has 0 spiro atoms. The normalized spacial score (nSPS) is 12.5. The number of hydrogen-bond acceptors (Lipinski definition) is 4. The first-order valence-corrected chi connectivity index (χ1v) is 7.91. The molecule has 0 bridgehead atoms. The molecular weight excluding hydrogens is 337 g/mol. The van der Waals surface area contributed by atoms with E-state index in [-0.39, 0.29) is 11.4 Å². The molecule has 2 atom stereocenters. The Balaban J connectivity index is 2.09. The summed E-state index contributed by atoms with van der Waals surface area (Å²) in [6.07, 6.45) is -1.13. The number of ketones is 1. The summed E-state index contributed by atoms with van der Waals surface area (Å²) in [5.74, 6) is 4.09. The quantitative estimate of drug-likeness (QED) is 0.705. The summed E-state index contributed by atoms with van der Waals surface area (Å²) in [5.41, 5.74) is 1.44. The molecule has 0 aliphatic rings. The fraction of sp³-hybridized carbons (Fsp3) is 0.200. The highest BCUT2D eigenvalue weighted by Gasteiger charge is 2.25. The monoisotopic (exact) mass is 355 g/mol. The van der Waals surface area contributed by atoms with E-state index < -0.39 is 30.4 Å². The van der Waals surface area contributed by atoms with Gasteiger partial charge in [-0.3, -0.25) is 9.59 Å². The van der Waals surface area contributed by atoms with Crippen LogP contribution in [0.25, 0.3) is 0 Å². The zero-order valence-corrected chi connectivity index (χ0v) is 14.1. The summed E-state index contributed by atoms with van der Waals surface area (Å²) in [5, 5.41) is 20.8. The van der Waals surface area contributed by atoms with Gasteiger partial charge in [0.2, 0.25) is 0 Å². The van der Waals surface area contributed by atoms with Gasteiger partial charge in [-0.2, -0.15) is 0 Å². The highest BCUT2D eigenvalue weighted by molar-refractivity contribution is 5.98. The van der Waals surface area contributed by atoms with Crippen LogP contribution in [0.3, 0.4) is 0 Å². The maximum Gasteiger partial charge on any atom is 0.251 e. The second kappa shape index (κ2) is 8.90. The average molecular weight is 355 g/mol. The summed E-state index contributed by atoms with van der Waals surface area (Å²) in [6.45, 7) is 0.577. The van der Waals surface area contributed by atoms with Gasteiger partial charge in [0.25, 0.3) is 5.91 Å². The highest BCUT2D eigenvalue weighted by Crippen LogP contribution is 2.06. The minimum absolute atomic E-state index is 0.276. The van der Waals surface area contributed by atoms with E-state index in [4.69, 9.17) is 5.11 Å². The lowest BCUT2D eigenvalue weighted by atomic mass is 10.1. The van der Waals surface area contributed by atoms with Crippen molar-refractivity contribution in [2.45, 2.75) is 19.1 Å². The Kier molecular flexibility index (Phi) is 6.61. The zero-order valence-electron chi connectivity index (χ0n) is 14.1. The van der Waals surface area contributed by atoms with Crippen LogP contribution in [0.4, 0.5) is 4.39 Å². The zero-order chi connectivity index (χ0) is 19.1. The van der Waals surface area contributed by atoms with Gasteiger partial charge < -0.3 is 15.5 Å². The number of nitrogens with one attached hydrogen (secondary N) is 1. The number of rotatable bonds is 5. The van der Waals surface area contributed by atoms with Gasteiger partial charge in [0, 0.05) is 16.7 Å². The van der Waals surface area contributed by atoms with Crippen molar-refractivity contribution in [2.24, 2.45) is 0 Å². The van der Waals surface area contributed by atoms with Crippen LogP contribution < -0.4 is 5.32 Å². The van der Waals surface area contributed by atoms with Crippen LogP contribution in [0.1, 0.15) is 28.4 Å². The first-order chi connectivity index (χ1) is 12.4. The minimum Gasteiger partial charge on any atom is -0.391 e. The van der Waals surface area contributed by atoms with Gasteiger partial charge in [-0.05, 0) is 49.4 Å². The van der Waals surface area contributed by atoms with E-state index in [1.807, 2.05) is 0 Å². The van der Waals surface area contributed by atoms with Gasteiger partial charge in [0.15, 0.2) is 5.78 Å². The number of Topliss-reactive ketones (excluding diaryl/α,β-unsaturated/α-hetero) is 1. The number of benzene rings is 2. The summed E-state index contributed by atoms with van der Waals surface area (Å²) >= 11 is 0. The van der Waals surface area contributed by atoms with Crippen LogP contribution in [0, 0.1) is 17.7 Å². The molecule has 2 aromatic rings. The SMILES string of the molecule is C[C@@H](O)[C@H](NC(=O)c1ccc(C#Cc2cccc(F)c2)cc1)C(=O)CO. The fourth-order valence-corrected chi connectivity index (χ4v) is 2.21. The Morgan fingerprint density at radius 3 is 2.35 bits per heavy atom. The number of aliphatic hydroxyl groups excluding tert-OH is 2. The van der Waals surface area contributed by atoms with Crippen molar-refractivity contribution >= 4 is 11.7 Å². The molecule has 0 unspecified atom stereocenters. The maximum absolute atomic E-state index is 13.1. The highest BCUT2D eigenvalue weighted by atomic mass is 19.1. The molecule has 2 aromatic carbocycles. The van der Waals surface area contributed by atoms with Gasteiger partial charge in [0.05, 0.1) is 6.10 Å². The molecule has 3 N–H and O–H groups in total. The molecular formula is C20H18FNO4. The molecule has 0 radical (unpaired) electrons. The van der Waals surface area contributed by atoms with E-state index in [1.54, 1.807) is 24.3 Å². The molecule has 26 heavy (non-hydrogen) atoms. The number of carbonyl (C=O) groups excluding carboxylic acids is 2. The molecule has 134 valence electrons. The third-order valence-corrected chi connectivity index (χ3v) is 3.59. The average Bonchev–Trinajstić information content (AvgIpc) is 2.64. The largest absolute Gasteiger partial charge is 0.391 e. The lowest BCUT2D eigenvalue weighted by Crippen LogP contribution is -2.48. The van der Waals surface area contributed by atoms with Crippen LogP contribution >= 0.6 is 0 Å². The predicted octanol–water partition coefficient (Wildman–Crippen LogP) is 1.27. The van der Waals surface area contributed by atoms with E-state index in [1.165, 1.54) is 31.2 Å². The Morgan fingerprint density at radius 2 is 1.77 bits per heavy atom. The number of carbonyl (C=O) groups is 2. The summed E-state index contributed by atoms with van der Waals surface area (Å²) in [7, 11) is 0. The van der Waals surface area contributed by atoms with Crippen LogP contribution in [0.5, 0.6) is 0 Å². The molecule has 1 amide bonds. The van der Waals surface area contributed by atoms with E-state index in [0.717, 1.165) is 0 Å². The van der Waals surface area contributed by atoms with Crippen molar-refractivity contribution in [3.8, 4) is 11.8 Å². The van der Waals surface area contributed by atoms with Crippen LogP contribution in [0.2, 0.25) is 0 Å². The third kappa shape index (κ3) is 5.24. The Bertz CT molecular complexity index is 850. The first kappa shape index (κ1) is 19.3. The van der Waals surface area contributed by atoms with Crippen molar-refractivity contribution in [1.29, 1.82) is 0 Å². The maximum atomic E-state index is 13.1. The van der Waals surface area contributed by atoms with Crippen molar-refractivity contribution in [3.05, 3.63) is 71.0 Å². The smallest absolute Gasteiger partial charge is 0.251 e. The standard InChI is InChI=1S/C20H18FNO4/c1-13(24)19(18(25)12-23)22-20(26)16-9-7-14(8-10-16)5-6-15-3-2-4-17(21)11-15/h2-4,7-11,13,19,23-24H,12H2,1H3,(H,22,26)/t13-,19+/m1/s1. The lowest BCUT2D eigenvalue weighted by molar-refractivity contribution is -0.125. The van der Waals surface area contributed by atoms with E-state index in [2.05, 4.69) is 17.2 Å². The van der Waals surface area contributed by atoms with Crippen LogP contribution in [-0.2, 0) is 4.79 Å². The van der Waals surface area contributed by atoms with E-state index >= 15 is 0 Å². The minimum atomic E-state index is -1.18. The number of hydrogen-bond donors (Lipinski definition) is 3. The number of amides is 1. The molecule has 0 aliphatic heterocycles. The number of halogens is 1. The van der Waals surface area contributed by atoms with Crippen molar-refractivity contribution in [1.82, 2.24) is 5.32 Å². The molecule has 0 aliphatic carbocycles. The molecule has 6 heteroatoms. The molecule has 0 aromatic heterocycles. The molecule has 0 saturated carbocycles. The van der Waals surface area contributed by atoms with Crippen LogP contribution in [-0.4, -0.2) is 40.7 Å².